The lowest BCUT2D eigenvalue weighted by molar-refractivity contribution is 0.0933. The molecule has 0 aliphatic rings. The van der Waals surface area contributed by atoms with E-state index in [1.165, 1.54) is 28.9 Å². The fraction of sp³-hybridized carbons (Fsp3) is 0.130. The summed E-state index contributed by atoms with van der Waals surface area (Å²) < 4.78 is 16.4. The Morgan fingerprint density at radius 1 is 1.06 bits per heavy atom. The first kappa shape index (κ1) is 20.2. The molecule has 0 unspecified atom stereocenters. The largest absolute Gasteiger partial charge is 0.337 e. The average Bonchev–Trinajstić information content (AvgIpc) is 3.20. The van der Waals surface area contributed by atoms with Crippen molar-refractivity contribution in [2.45, 2.75) is 12.6 Å². The second kappa shape index (κ2) is 8.74. The molecule has 156 valence electrons. The van der Waals surface area contributed by atoms with E-state index in [-0.39, 0.29) is 23.6 Å². The van der Waals surface area contributed by atoms with Crippen LogP contribution in [-0.4, -0.2) is 25.2 Å². The van der Waals surface area contributed by atoms with Gasteiger partial charge < -0.3 is 9.88 Å². The number of hydrogen-bond acceptors (Lipinski definition) is 4. The Kier molecular flexibility index (Phi) is 5.70. The Morgan fingerprint density at radius 2 is 1.81 bits per heavy atom. The van der Waals surface area contributed by atoms with Crippen LogP contribution in [0.1, 0.15) is 33.5 Å². The molecule has 0 fully saturated rings. The van der Waals surface area contributed by atoms with Crippen LogP contribution in [0, 0.1) is 5.82 Å². The van der Waals surface area contributed by atoms with E-state index in [9.17, 15) is 14.0 Å². The number of aromatic nitrogens is 4. The number of carbonyl (C=O) groups is 1. The molecule has 0 spiro atoms. The molecule has 0 saturated heterocycles. The molecule has 7 nitrogen and oxygen atoms in total. The van der Waals surface area contributed by atoms with E-state index in [1.807, 2.05) is 37.4 Å². The summed E-state index contributed by atoms with van der Waals surface area (Å²) in [6.45, 7) is 0.252. The number of amides is 1. The summed E-state index contributed by atoms with van der Waals surface area (Å²) >= 11 is 0. The van der Waals surface area contributed by atoms with E-state index < -0.39 is 11.9 Å². The van der Waals surface area contributed by atoms with Gasteiger partial charge in [-0.3, -0.25) is 9.59 Å². The van der Waals surface area contributed by atoms with Gasteiger partial charge in [0.15, 0.2) is 0 Å². The fourth-order valence-electron chi connectivity index (χ4n) is 3.25. The molecule has 1 atom stereocenters. The lowest BCUT2D eigenvalue weighted by Gasteiger charge is -2.19. The predicted octanol–water partition coefficient (Wildman–Crippen LogP) is 2.68. The predicted molar refractivity (Wildman–Crippen MR) is 113 cm³/mol. The van der Waals surface area contributed by atoms with Crippen LogP contribution < -0.4 is 10.9 Å². The van der Waals surface area contributed by atoms with E-state index in [0.717, 1.165) is 5.56 Å². The van der Waals surface area contributed by atoms with Crippen molar-refractivity contribution in [1.82, 2.24) is 24.6 Å². The summed E-state index contributed by atoms with van der Waals surface area (Å²) in [5.74, 6) is -0.264. The molecule has 8 heteroatoms. The summed E-state index contributed by atoms with van der Waals surface area (Å²) in [6, 6.07) is 17.3. The fourth-order valence-corrected chi connectivity index (χ4v) is 3.25. The van der Waals surface area contributed by atoms with E-state index in [2.05, 4.69) is 15.4 Å². The van der Waals surface area contributed by atoms with E-state index in [0.29, 0.717) is 11.4 Å². The van der Waals surface area contributed by atoms with Gasteiger partial charge in [-0.1, -0.05) is 42.5 Å². The minimum Gasteiger partial charge on any atom is -0.337 e. The molecule has 0 aliphatic carbocycles. The maximum atomic E-state index is 13.4. The van der Waals surface area contributed by atoms with Crippen molar-refractivity contribution < 1.29 is 9.18 Å². The van der Waals surface area contributed by atoms with Crippen LogP contribution in [0.3, 0.4) is 0 Å². The molecule has 2 aromatic heterocycles. The van der Waals surface area contributed by atoms with Gasteiger partial charge in [-0.05, 0) is 29.3 Å². The van der Waals surface area contributed by atoms with Gasteiger partial charge in [-0.15, -0.1) is 0 Å². The van der Waals surface area contributed by atoms with Crippen molar-refractivity contribution in [2.24, 2.45) is 7.05 Å². The van der Waals surface area contributed by atoms with Crippen molar-refractivity contribution in [3.8, 4) is 0 Å². The SMILES string of the molecule is Cn1ccnc1[C@H](NC(=O)c1ccc(=O)n(Cc2ccccc2)n1)c1ccc(F)cc1. The Bertz CT molecular complexity index is 1250. The highest BCUT2D eigenvalue weighted by Gasteiger charge is 2.22. The molecule has 0 aliphatic heterocycles. The summed E-state index contributed by atoms with van der Waals surface area (Å²) in [6.07, 6.45) is 3.38. The van der Waals surface area contributed by atoms with E-state index in [1.54, 1.807) is 29.1 Å². The zero-order chi connectivity index (χ0) is 21.8. The van der Waals surface area contributed by atoms with Gasteiger partial charge in [0.05, 0.1) is 6.54 Å². The van der Waals surface area contributed by atoms with Crippen LogP contribution in [0.5, 0.6) is 0 Å². The third-order valence-corrected chi connectivity index (χ3v) is 4.87. The number of aryl methyl sites for hydroxylation is 1. The number of halogens is 1. The van der Waals surface area contributed by atoms with Gasteiger partial charge in [-0.2, -0.15) is 5.10 Å². The first-order valence-electron chi connectivity index (χ1n) is 9.67. The number of rotatable bonds is 6. The Hall–Kier alpha value is -4.07. The molecule has 0 bridgehead atoms. The number of benzene rings is 2. The van der Waals surface area contributed by atoms with Gasteiger partial charge in [0.2, 0.25) is 0 Å². The zero-order valence-electron chi connectivity index (χ0n) is 16.8. The normalized spacial score (nSPS) is 11.8. The Labute approximate surface area is 177 Å². The van der Waals surface area contributed by atoms with Gasteiger partial charge in [-0.25, -0.2) is 14.1 Å². The number of nitrogens with zero attached hydrogens (tertiary/aromatic N) is 4. The highest BCUT2D eigenvalue weighted by molar-refractivity contribution is 5.92. The number of hydrogen-bond donors (Lipinski definition) is 1. The van der Waals surface area contributed by atoms with Crippen molar-refractivity contribution in [2.75, 3.05) is 0 Å². The molecule has 4 rings (SSSR count). The number of imidazole rings is 1. The highest BCUT2D eigenvalue weighted by Crippen LogP contribution is 2.21. The minimum atomic E-state index is -0.621. The molecular weight excluding hydrogens is 397 g/mol. The van der Waals surface area contributed by atoms with Gasteiger partial charge in [0, 0.05) is 25.5 Å². The van der Waals surface area contributed by atoms with Crippen molar-refractivity contribution >= 4 is 5.91 Å². The first-order chi connectivity index (χ1) is 15.0. The van der Waals surface area contributed by atoms with Crippen LogP contribution in [0.2, 0.25) is 0 Å². The minimum absolute atomic E-state index is 0.0943. The second-order valence-corrected chi connectivity index (χ2v) is 7.05. The maximum Gasteiger partial charge on any atom is 0.272 e. The average molecular weight is 417 g/mol. The standard InChI is InChI=1S/C23H20FN5O2/c1-28-14-13-25-22(28)21(17-7-9-18(24)10-8-17)26-23(31)19-11-12-20(30)29(27-19)15-16-5-3-2-4-6-16/h2-14,21H,15H2,1H3,(H,26,31)/t21-/m1/s1. The maximum absolute atomic E-state index is 13.4. The van der Waals surface area contributed by atoms with Gasteiger partial charge >= 0.3 is 0 Å². The topological polar surface area (TPSA) is 81.8 Å². The van der Waals surface area contributed by atoms with Gasteiger partial charge in [0.25, 0.3) is 11.5 Å². The smallest absolute Gasteiger partial charge is 0.272 e. The Balaban J connectivity index is 1.63. The summed E-state index contributed by atoms with van der Waals surface area (Å²) in [7, 11) is 1.81. The van der Waals surface area contributed by atoms with Crippen LogP contribution in [0.15, 0.2) is 83.9 Å². The van der Waals surface area contributed by atoms with Crippen molar-refractivity contribution in [3.05, 3.63) is 118 Å². The van der Waals surface area contributed by atoms with Crippen molar-refractivity contribution in [1.29, 1.82) is 0 Å². The number of nitrogens with one attached hydrogen (secondary N) is 1. The molecular formula is C23H20FN5O2. The van der Waals surface area contributed by atoms with Crippen LogP contribution >= 0.6 is 0 Å². The summed E-state index contributed by atoms with van der Waals surface area (Å²) in [4.78, 5) is 29.6. The molecule has 1 amide bonds. The molecule has 2 heterocycles. The van der Waals surface area contributed by atoms with Crippen LogP contribution in [0.25, 0.3) is 0 Å². The molecule has 31 heavy (non-hydrogen) atoms. The monoisotopic (exact) mass is 417 g/mol. The lowest BCUT2D eigenvalue weighted by atomic mass is 10.1. The lowest BCUT2D eigenvalue weighted by Crippen LogP contribution is -2.34. The molecule has 0 radical (unpaired) electrons. The highest BCUT2D eigenvalue weighted by atomic mass is 19.1. The molecule has 0 saturated carbocycles. The van der Waals surface area contributed by atoms with Crippen LogP contribution in [-0.2, 0) is 13.6 Å². The van der Waals surface area contributed by atoms with E-state index >= 15 is 0 Å². The quantitative estimate of drug-likeness (QED) is 0.523. The molecule has 2 aromatic carbocycles. The zero-order valence-corrected chi connectivity index (χ0v) is 16.8. The van der Waals surface area contributed by atoms with Gasteiger partial charge in [0.1, 0.15) is 23.4 Å². The third kappa shape index (κ3) is 4.58. The summed E-state index contributed by atoms with van der Waals surface area (Å²) in [5, 5.41) is 7.14. The molecule has 4 aromatic rings. The van der Waals surface area contributed by atoms with E-state index in [4.69, 9.17) is 0 Å². The van der Waals surface area contributed by atoms with Crippen molar-refractivity contribution in [3.63, 3.8) is 0 Å². The number of carbonyl (C=O) groups excluding carboxylic acids is 1. The summed E-state index contributed by atoms with van der Waals surface area (Å²) in [5.41, 5.74) is 1.35. The molecule has 1 N–H and O–H groups in total. The Morgan fingerprint density at radius 3 is 2.48 bits per heavy atom. The second-order valence-electron chi connectivity index (χ2n) is 7.05. The van der Waals surface area contributed by atoms with Crippen LogP contribution in [0.4, 0.5) is 4.39 Å². The third-order valence-electron chi connectivity index (χ3n) is 4.87. The first-order valence-corrected chi connectivity index (χ1v) is 9.67.